The molecule has 1 amide bonds. The molecule has 0 aliphatic heterocycles. The van der Waals surface area contributed by atoms with E-state index in [9.17, 15) is 13.2 Å². The molecule has 0 aliphatic carbocycles. The van der Waals surface area contributed by atoms with Crippen LogP contribution in [0.3, 0.4) is 0 Å². The molecule has 0 radical (unpaired) electrons. The summed E-state index contributed by atoms with van der Waals surface area (Å²) in [7, 11) is -4.69. The van der Waals surface area contributed by atoms with Crippen molar-refractivity contribution in [1.29, 1.82) is 0 Å². The van der Waals surface area contributed by atoms with E-state index in [-0.39, 0.29) is 5.69 Å². The van der Waals surface area contributed by atoms with Crippen LogP contribution in [-0.2, 0) is 14.7 Å². The lowest BCUT2D eigenvalue weighted by Gasteiger charge is -2.00. The number of carbonyl (C=O) groups excluding carboxylic acids is 1. The van der Waals surface area contributed by atoms with E-state index in [0.29, 0.717) is 0 Å². The summed E-state index contributed by atoms with van der Waals surface area (Å²) in [6, 6.07) is 4.47. The van der Waals surface area contributed by atoms with E-state index in [1.165, 1.54) is 23.8 Å². The zero-order valence-corrected chi connectivity index (χ0v) is 7.56. The molecule has 0 spiro atoms. The molecule has 0 aromatic carbocycles. The van der Waals surface area contributed by atoms with Crippen LogP contribution in [0.25, 0.3) is 0 Å². The Morgan fingerprint density at radius 1 is 1.50 bits per heavy atom. The SMILES string of the molecule is O=C(NOS(=O)(=O)O)c1ccccn1. The fourth-order valence-corrected chi connectivity index (χ4v) is 0.821. The van der Waals surface area contributed by atoms with Gasteiger partial charge in [-0.05, 0) is 12.1 Å². The lowest BCUT2D eigenvalue weighted by molar-refractivity contribution is 0.0738. The van der Waals surface area contributed by atoms with Crippen molar-refractivity contribution in [2.45, 2.75) is 0 Å². The molecule has 7 nitrogen and oxygen atoms in total. The predicted octanol–water partition coefficient (Wildman–Crippen LogP) is -0.454. The first-order chi connectivity index (χ1) is 6.49. The van der Waals surface area contributed by atoms with Crippen LogP contribution in [0.4, 0.5) is 0 Å². The normalized spacial score (nSPS) is 10.9. The molecule has 0 fully saturated rings. The number of nitrogens with one attached hydrogen (secondary N) is 1. The molecule has 0 atom stereocenters. The number of carbonyl (C=O) groups is 1. The number of aromatic nitrogens is 1. The quantitative estimate of drug-likeness (QED) is 0.525. The molecule has 76 valence electrons. The minimum absolute atomic E-state index is 0.0313. The first-order valence-corrected chi connectivity index (χ1v) is 4.73. The summed E-state index contributed by atoms with van der Waals surface area (Å²) in [6.07, 6.45) is 1.35. The second-order valence-corrected chi connectivity index (χ2v) is 3.18. The number of hydrogen-bond acceptors (Lipinski definition) is 5. The zero-order chi connectivity index (χ0) is 10.6. The van der Waals surface area contributed by atoms with Gasteiger partial charge in [-0.2, -0.15) is 8.42 Å². The number of pyridine rings is 1. The molecule has 1 aromatic rings. The van der Waals surface area contributed by atoms with E-state index in [1.54, 1.807) is 6.07 Å². The van der Waals surface area contributed by atoms with Gasteiger partial charge in [0.1, 0.15) is 5.69 Å². The molecule has 1 rings (SSSR count). The van der Waals surface area contributed by atoms with Gasteiger partial charge in [0.2, 0.25) is 0 Å². The number of hydroxylamine groups is 1. The van der Waals surface area contributed by atoms with Crippen molar-refractivity contribution in [3.8, 4) is 0 Å². The van der Waals surface area contributed by atoms with Gasteiger partial charge in [0.15, 0.2) is 0 Å². The summed E-state index contributed by atoms with van der Waals surface area (Å²) in [6.45, 7) is 0. The molecule has 1 heterocycles. The third kappa shape index (κ3) is 3.47. The molecule has 1 aromatic heterocycles. The first-order valence-electron chi connectivity index (χ1n) is 3.36. The van der Waals surface area contributed by atoms with Gasteiger partial charge in [0.05, 0.1) is 0 Å². The Kier molecular flexibility index (Phi) is 3.12. The maximum Gasteiger partial charge on any atom is 0.418 e. The molecule has 14 heavy (non-hydrogen) atoms. The van der Waals surface area contributed by atoms with Crippen LogP contribution >= 0.6 is 0 Å². The summed E-state index contributed by atoms with van der Waals surface area (Å²) in [5.74, 6) is -0.872. The van der Waals surface area contributed by atoms with E-state index in [4.69, 9.17) is 4.55 Å². The summed E-state index contributed by atoms with van der Waals surface area (Å²) in [5.41, 5.74) is 1.47. The highest BCUT2D eigenvalue weighted by Gasteiger charge is 2.10. The van der Waals surface area contributed by atoms with Crippen molar-refractivity contribution in [2.24, 2.45) is 0 Å². The van der Waals surface area contributed by atoms with Crippen molar-refractivity contribution < 1.29 is 22.0 Å². The minimum atomic E-state index is -4.69. The van der Waals surface area contributed by atoms with Gasteiger partial charge in [0, 0.05) is 6.20 Å². The maximum atomic E-state index is 11.0. The lowest BCUT2D eigenvalue weighted by Crippen LogP contribution is -2.27. The Hall–Kier alpha value is -1.51. The monoisotopic (exact) mass is 218 g/mol. The third-order valence-electron chi connectivity index (χ3n) is 1.14. The predicted molar refractivity (Wildman–Crippen MR) is 44.3 cm³/mol. The van der Waals surface area contributed by atoms with E-state index in [0.717, 1.165) is 0 Å². The van der Waals surface area contributed by atoms with E-state index in [2.05, 4.69) is 9.27 Å². The molecule has 0 saturated carbocycles. The molecular formula is C6H6N2O5S. The molecule has 0 saturated heterocycles. The smallest absolute Gasteiger partial charge is 0.265 e. The van der Waals surface area contributed by atoms with Gasteiger partial charge in [0.25, 0.3) is 5.91 Å². The van der Waals surface area contributed by atoms with Crippen LogP contribution < -0.4 is 5.48 Å². The van der Waals surface area contributed by atoms with Crippen LogP contribution in [0.1, 0.15) is 10.5 Å². The van der Waals surface area contributed by atoms with E-state index >= 15 is 0 Å². The molecule has 0 aliphatic rings. The van der Waals surface area contributed by atoms with Gasteiger partial charge < -0.3 is 0 Å². The van der Waals surface area contributed by atoms with E-state index < -0.39 is 16.3 Å². The van der Waals surface area contributed by atoms with Gasteiger partial charge in [-0.1, -0.05) is 6.07 Å². The molecule has 2 N–H and O–H groups in total. The Morgan fingerprint density at radius 2 is 2.21 bits per heavy atom. The van der Waals surface area contributed by atoms with Crippen LogP contribution in [0.5, 0.6) is 0 Å². The summed E-state index contributed by atoms with van der Waals surface area (Å²) >= 11 is 0. The van der Waals surface area contributed by atoms with Crippen LogP contribution in [-0.4, -0.2) is 23.9 Å². The minimum Gasteiger partial charge on any atom is -0.265 e. The number of rotatable bonds is 3. The number of hydrogen-bond donors (Lipinski definition) is 2. The Labute approximate surface area is 79.6 Å². The second-order valence-electron chi connectivity index (χ2n) is 2.16. The molecular weight excluding hydrogens is 212 g/mol. The lowest BCUT2D eigenvalue weighted by atomic mass is 10.3. The highest BCUT2D eigenvalue weighted by atomic mass is 32.3. The van der Waals surface area contributed by atoms with Crippen molar-refractivity contribution in [3.63, 3.8) is 0 Å². The highest BCUT2D eigenvalue weighted by Crippen LogP contribution is 1.93. The average Bonchev–Trinajstić information content (AvgIpc) is 2.14. The van der Waals surface area contributed by atoms with Crippen molar-refractivity contribution >= 4 is 16.3 Å². The Balaban J connectivity index is 2.61. The zero-order valence-electron chi connectivity index (χ0n) is 6.75. The number of nitrogens with zero attached hydrogens (tertiary/aromatic N) is 1. The van der Waals surface area contributed by atoms with Gasteiger partial charge in [-0.15, -0.1) is 4.28 Å². The largest absolute Gasteiger partial charge is 0.418 e. The van der Waals surface area contributed by atoms with Crippen molar-refractivity contribution in [1.82, 2.24) is 10.5 Å². The van der Waals surface area contributed by atoms with Gasteiger partial charge in [-0.25, -0.2) is 5.48 Å². The van der Waals surface area contributed by atoms with Gasteiger partial charge in [-0.3, -0.25) is 14.3 Å². The summed E-state index contributed by atoms with van der Waals surface area (Å²) in [4.78, 5) is 14.6. The third-order valence-corrected chi connectivity index (χ3v) is 1.43. The molecule has 0 unspecified atom stereocenters. The highest BCUT2D eigenvalue weighted by molar-refractivity contribution is 7.80. The fraction of sp³-hybridized carbons (Fsp3) is 0. The fourth-order valence-electron chi connectivity index (χ4n) is 0.640. The second kappa shape index (κ2) is 4.13. The summed E-state index contributed by atoms with van der Waals surface area (Å²) < 4.78 is 31.9. The van der Waals surface area contributed by atoms with Crippen molar-refractivity contribution in [2.75, 3.05) is 0 Å². The summed E-state index contributed by atoms with van der Waals surface area (Å²) in [5, 5.41) is 0. The number of amides is 1. The standard InChI is InChI=1S/C6H6N2O5S/c9-6(8-13-14(10,11)12)5-3-1-2-4-7-5/h1-4H,(H,8,9)(H,10,11,12). The van der Waals surface area contributed by atoms with Gasteiger partial charge >= 0.3 is 10.4 Å². The van der Waals surface area contributed by atoms with Crippen LogP contribution in [0.15, 0.2) is 24.4 Å². The first kappa shape index (κ1) is 10.6. The molecule has 0 bridgehead atoms. The average molecular weight is 218 g/mol. The van der Waals surface area contributed by atoms with Crippen molar-refractivity contribution in [3.05, 3.63) is 30.1 Å². The Morgan fingerprint density at radius 3 is 2.71 bits per heavy atom. The van der Waals surface area contributed by atoms with Crippen LogP contribution in [0, 0.1) is 0 Å². The molecule has 8 heteroatoms. The maximum absolute atomic E-state index is 11.0. The topological polar surface area (TPSA) is 106 Å². The van der Waals surface area contributed by atoms with E-state index in [1.807, 2.05) is 0 Å². The Bertz CT molecular complexity index is 415. The van der Waals surface area contributed by atoms with Crippen LogP contribution in [0.2, 0.25) is 0 Å².